The van der Waals surface area contributed by atoms with Crippen LogP contribution in [0, 0.1) is 5.82 Å². The molecule has 0 saturated heterocycles. The highest BCUT2D eigenvalue weighted by atomic mass is 35.5. The summed E-state index contributed by atoms with van der Waals surface area (Å²) in [5.74, 6) is -1.37. The summed E-state index contributed by atoms with van der Waals surface area (Å²) >= 11 is 17.5. The maximum absolute atomic E-state index is 13.6. The van der Waals surface area contributed by atoms with E-state index in [4.69, 9.17) is 40.5 Å². The summed E-state index contributed by atoms with van der Waals surface area (Å²) in [7, 11) is 0. The minimum Gasteiger partial charge on any atom is -0.399 e. The zero-order valence-corrected chi connectivity index (χ0v) is 12.2. The molecule has 0 radical (unpaired) electrons. The predicted molar refractivity (Wildman–Crippen MR) is 80.2 cm³/mol. The largest absolute Gasteiger partial charge is 0.399 e. The first-order valence-electron chi connectivity index (χ1n) is 5.39. The van der Waals surface area contributed by atoms with Crippen LogP contribution in [0.2, 0.25) is 15.1 Å². The van der Waals surface area contributed by atoms with Crippen molar-refractivity contribution in [2.45, 2.75) is 0 Å². The number of rotatable bonds is 2. The molecule has 3 nitrogen and oxygen atoms in total. The Bertz CT molecular complexity index is 692. The molecule has 2 aromatic rings. The van der Waals surface area contributed by atoms with Crippen LogP contribution in [0.15, 0.2) is 30.3 Å². The number of benzene rings is 2. The van der Waals surface area contributed by atoms with Crippen molar-refractivity contribution < 1.29 is 9.18 Å². The maximum Gasteiger partial charge on any atom is 0.258 e. The van der Waals surface area contributed by atoms with E-state index in [1.807, 2.05) is 0 Å². The Hall–Kier alpha value is -1.49. The number of amides is 1. The standard InChI is InChI=1S/C13H8Cl3FN2O/c14-8-4-10(16)12(5-9(8)15)19-13(20)7-3-6(18)1-2-11(7)17/h1-5H,18H2,(H,19,20). The summed E-state index contributed by atoms with van der Waals surface area (Å²) in [6.07, 6.45) is 0. The third kappa shape index (κ3) is 3.15. The summed E-state index contributed by atoms with van der Waals surface area (Å²) in [5.41, 5.74) is 5.84. The number of anilines is 2. The third-order valence-electron chi connectivity index (χ3n) is 2.49. The van der Waals surface area contributed by atoms with Gasteiger partial charge in [0.2, 0.25) is 0 Å². The molecule has 104 valence electrons. The molecule has 1 amide bonds. The Morgan fingerprint density at radius 2 is 1.70 bits per heavy atom. The van der Waals surface area contributed by atoms with E-state index < -0.39 is 11.7 Å². The zero-order valence-electron chi connectivity index (χ0n) is 9.88. The van der Waals surface area contributed by atoms with Gasteiger partial charge in [0.15, 0.2) is 0 Å². The van der Waals surface area contributed by atoms with Crippen LogP contribution in [0.5, 0.6) is 0 Å². The van der Waals surface area contributed by atoms with Crippen molar-refractivity contribution in [3.63, 3.8) is 0 Å². The fourth-order valence-electron chi connectivity index (χ4n) is 1.52. The van der Waals surface area contributed by atoms with Gasteiger partial charge in [-0.1, -0.05) is 34.8 Å². The fraction of sp³-hybridized carbons (Fsp3) is 0. The predicted octanol–water partition coefficient (Wildman–Crippen LogP) is 4.62. The average Bonchev–Trinajstić information content (AvgIpc) is 2.38. The summed E-state index contributed by atoms with van der Waals surface area (Å²) in [5, 5.41) is 3.12. The van der Waals surface area contributed by atoms with E-state index in [0.29, 0.717) is 0 Å². The van der Waals surface area contributed by atoms with Crippen LogP contribution in [0.4, 0.5) is 15.8 Å². The molecule has 0 heterocycles. The van der Waals surface area contributed by atoms with E-state index in [1.165, 1.54) is 24.3 Å². The SMILES string of the molecule is Nc1ccc(F)c(C(=O)Nc2cc(Cl)c(Cl)cc2Cl)c1. The maximum atomic E-state index is 13.6. The molecule has 0 unspecified atom stereocenters. The van der Waals surface area contributed by atoms with Crippen molar-refractivity contribution in [2.75, 3.05) is 11.1 Å². The van der Waals surface area contributed by atoms with Crippen molar-refractivity contribution >= 4 is 52.1 Å². The lowest BCUT2D eigenvalue weighted by Crippen LogP contribution is -2.14. The molecule has 0 aliphatic carbocycles. The molecule has 3 N–H and O–H groups in total. The number of carbonyl (C=O) groups excluding carboxylic acids is 1. The van der Waals surface area contributed by atoms with Gasteiger partial charge in [-0.3, -0.25) is 4.79 Å². The molecule has 20 heavy (non-hydrogen) atoms. The Kier molecular flexibility index (Phi) is 4.38. The summed E-state index contributed by atoms with van der Waals surface area (Å²) in [6.45, 7) is 0. The number of nitrogens with one attached hydrogen (secondary N) is 1. The van der Waals surface area contributed by atoms with Crippen LogP contribution < -0.4 is 11.1 Å². The Morgan fingerprint density at radius 3 is 2.40 bits per heavy atom. The Balaban J connectivity index is 2.32. The molecular weight excluding hydrogens is 326 g/mol. The van der Waals surface area contributed by atoms with E-state index in [0.717, 1.165) is 6.07 Å². The second-order valence-corrected chi connectivity index (χ2v) is 5.16. The lowest BCUT2D eigenvalue weighted by Gasteiger charge is -2.09. The van der Waals surface area contributed by atoms with Crippen LogP contribution in [-0.2, 0) is 0 Å². The van der Waals surface area contributed by atoms with Crippen molar-refractivity contribution in [3.8, 4) is 0 Å². The van der Waals surface area contributed by atoms with E-state index >= 15 is 0 Å². The summed E-state index contributed by atoms with van der Waals surface area (Å²) in [4.78, 5) is 12.0. The minimum atomic E-state index is -0.687. The molecule has 2 aromatic carbocycles. The Labute approximate surface area is 129 Å². The van der Waals surface area contributed by atoms with E-state index in [-0.39, 0.29) is 32.0 Å². The van der Waals surface area contributed by atoms with Gasteiger partial charge in [0, 0.05) is 5.69 Å². The van der Waals surface area contributed by atoms with Gasteiger partial charge < -0.3 is 11.1 Å². The van der Waals surface area contributed by atoms with Gasteiger partial charge in [-0.15, -0.1) is 0 Å². The molecule has 0 aliphatic rings. The second-order valence-electron chi connectivity index (χ2n) is 3.94. The van der Waals surface area contributed by atoms with E-state index in [9.17, 15) is 9.18 Å². The van der Waals surface area contributed by atoms with Gasteiger partial charge >= 0.3 is 0 Å². The lowest BCUT2D eigenvalue weighted by atomic mass is 10.1. The topological polar surface area (TPSA) is 55.1 Å². The highest BCUT2D eigenvalue weighted by molar-refractivity contribution is 6.44. The summed E-state index contributed by atoms with van der Waals surface area (Å²) < 4.78 is 13.6. The number of hydrogen-bond donors (Lipinski definition) is 2. The van der Waals surface area contributed by atoms with Gasteiger partial charge in [0.25, 0.3) is 5.91 Å². The Morgan fingerprint density at radius 1 is 1.05 bits per heavy atom. The molecule has 0 atom stereocenters. The molecule has 0 bridgehead atoms. The molecular formula is C13H8Cl3FN2O. The van der Waals surface area contributed by atoms with Crippen LogP contribution in [-0.4, -0.2) is 5.91 Å². The van der Waals surface area contributed by atoms with Gasteiger partial charge in [0.05, 0.1) is 26.3 Å². The van der Waals surface area contributed by atoms with Crippen molar-refractivity contribution in [1.82, 2.24) is 0 Å². The smallest absolute Gasteiger partial charge is 0.258 e. The molecule has 2 rings (SSSR count). The molecule has 0 aliphatic heterocycles. The van der Waals surface area contributed by atoms with Crippen molar-refractivity contribution in [1.29, 1.82) is 0 Å². The third-order valence-corrected chi connectivity index (χ3v) is 3.53. The molecule has 0 saturated carbocycles. The minimum absolute atomic E-state index is 0.188. The van der Waals surface area contributed by atoms with Crippen molar-refractivity contribution in [2.24, 2.45) is 0 Å². The molecule has 0 aromatic heterocycles. The zero-order chi connectivity index (χ0) is 14.9. The van der Waals surface area contributed by atoms with Crippen LogP contribution in [0.1, 0.15) is 10.4 Å². The lowest BCUT2D eigenvalue weighted by molar-refractivity contribution is 0.102. The van der Waals surface area contributed by atoms with Gasteiger partial charge in [-0.2, -0.15) is 0 Å². The second kappa shape index (κ2) is 5.87. The first-order valence-corrected chi connectivity index (χ1v) is 6.53. The van der Waals surface area contributed by atoms with Crippen molar-refractivity contribution in [3.05, 3.63) is 56.8 Å². The van der Waals surface area contributed by atoms with Gasteiger partial charge in [-0.25, -0.2) is 4.39 Å². The van der Waals surface area contributed by atoms with Crippen LogP contribution in [0.25, 0.3) is 0 Å². The number of nitrogen functional groups attached to an aromatic ring is 1. The van der Waals surface area contributed by atoms with Gasteiger partial charge in [0.1, 0.15) is 5.82 Å². The van der Waals surface area contributed by atoms with Crippen LogP contribution >= 0.6 is 34.8 Å². The van der Waals surface area contributed by atoms with Crippen LogP contribution in [0.3, 0.4) is 0 Å². The van der Waals surface area contributed by atoms with E-state index in [1.54, 1.807) is 0 Å². The number of carbonyl (C=O) groups is 1. The molecule has 7 heteroatoms. The normalized spacial score (nSPS) is 10.4. The average molecular weight is 334 g/mol. The monoisotopic (exact) mass is 332 g/mol. The molecule has 0 fully saturated rings. The first kappa shape index (κ1) is 14.9. The number of halogens is 4. The van der Waals surface area contributed by atoms with E-state index in [2.05, 4.69) is 5.32 Å². The first-order chi connectivity index (χ1) is 9.38. The molecule has 0 spiro atoms. The summed E-state index contributed by atoms with van der Waals surface area (Å²) in [6, 6.07) is 6.47. The quantitative estimate of drug-likeness (QED) is 0.622. The fourth-order valence-corrected chi connectivity index (χ4v) is 2.12. The highest BCUT2D eigenvalue weighted by Gasteiger charge is 2.15. The number of hydrogen-bond acceptors (Lipinski definition) is 2. The number of nitrogens with two attached hydrogens (primary N) is 1. The highest BCUT2D eigenvalue weighted by Crippen LogP contribution is 2.32. The van der Waals surface area contributed by atoms with Gasteiger partial charge in [-0.05, 0) is 30.3 Å².